The van der Waals surface area contributed by atoms with Crippen molar-refractivity contribution < 1.29 is 26.7 Å². The number of hydrogen-bond donors (Lipinski definition) is 2. The lowest BCUT2D eigenvalue weighted by Crippen LogP contribution is -2.40. The molecule has 1 rings (SSSR count). The molecule has 2 N–H and O–H groups in total. The molecular weight excluding hydrogens is 330 g/mol. The summed E-state index contributed by atoms with van der Waals surface area (Å²) >= 11 is 11.3. The van der Waals surface area contributed by atoms with Gasteiger partial charge in [-0.3, -0.25) is 0 Å². The number of alkyl halides is 3. The van der Waals surface area contributed by atoms with E-state index in [9.17, 15) is 21.6 Å². The van der Waals surface area contributed by atoms with Crippen LogP contribution in [0.3, 0.4) is 0 Å². The average molecular weight is 338 g/mol. The Hall–Kier alpha value is -0.540. The predicted octanol–water partition coefficient (Wildman–Crippen LogP) is 2.19. The molecule has 4 nitrogen and oxygen atoms in total. The molecule has 0 heterocycles. The Morgan fingerprint density at radius 3 is 2.16 bits per heavy atom. The summed E-state index contributed by atoms with van der Waals surface area (Å²) in [6.07, 6.45) is -7.74. The van der Waals surface area contributed by atoms with Crippen molar-refractivity contribution in [3.8, 4) is 0 Å². The zero-order valence-corrected chi connectivity index (χ0v) is 11.4. The zero-order chi connectivity index (χ0) is 14.8. The maximum Gasteiger partial charge on any atom is 0.415 e. The number of sulfonamides is 1. The molecule has 1 aromatic rings. The molecule has 1 aromatic carbocycles. The number of rotatable bonds is 4. The van der Waals surface area contributed by atoms with Gasteiger partial charge in [0.15, 0.2) is 6.10 Å². The number of aliphatic hydroxyl groups excluding tert-OH is 1. The summed E-state index contributed by atoms with van der Waals surface area (Å²) in [6, 6.07) is 3.83. The molecule has 0 aliphatic carbocycles. The van der Waals surface area contributed by atoms with E-state index in [2.05, 4.69) is 0 Å². The van der Waals surface area contributed by atoms with Crippen LogP contribution in [-0.4, -0.2) is 32.3 Å². The van der Waals surface area contributed by atoms with Gasteiger partial charge in [0.25, 0.3) is 0 Å². The lowest BCUT2D eigenvalue weighted by Gasteiger charge is -2.16. The van der Waals surface area contributed by atoms with Crippen molar-refractivity contribution in [2.75, 3.05) is 6.54 Å². The van der Waals surface area contributed by atoms with Crippen LogP contribution in [0.5, 0.6) is 0 Å². The Kier molecular flexibility index (Phi) is 5.08. The number of halogens is 5. The van der Waals surface area contributed by atoms with Crippen LogP contribution < -0.4 is 4.72 Å². The summed E-state index contributed by atoms with van der Waals surface area (Å²) in [6.45, 7) is -1.23. The maximum absolute atomic E-state index is 12.0. The first kappa shape index (κ1) is 16.5. The van der Waals surface area contributed by atoms with Gasteiger partial charge in [-0.2, -0.15) is 13.2 Å². The van der Waals surface area contributed by atoms with Gasteiger partial charge < -0.3 is 5.11 Å². The molecule has 0 aliphatic heterocycles. The molecule has 1 atom stereocenters. The van der Waals surface area contributed by atoms with E-state index in [1.807, 2.05) is 0 Å². The van der Waals surface area contributed by atoms with E-state index in [-0.39, 0.29) is 10.0 Å². The lowest BCUT2D eigenvalue weighted by atomic mass is 10.4. The molecule has 1 unspecified atom stereocenters. The highest BCUT2D eigenvalue weighted by molar-refractivity contribution is 7.89. The third-order valence-corrected chi connectivity index (χ3v) is 4.41. The molecule has 0 bridgehead atoms. The SMILES string of the molecule is O=S(=O)(NCC(O)C(F)(F)F)c1c(Cl)cccc1Cl. The Balaban J connectivity index is 2.95. The van der Waals surface area contributed by atoms with E-state index in [0.717, 1.165) is 0 Å². The van der Waals surface area contributed by atoms with Gasteiger partial charge in [0.1, 0.15) is 4.90 Å². The van der Waals surface area contributed by atoms with Crippen molar-refractivity contribution in [2.45, 2.75) is 17.2 Å². The molecule has 0 amide bonds. The smallest absolute Gasteiger partial charge is 0.382 e. The molecule has 0 fully saturated rings. The summed E-state index contributed by atoms with van der Waals surface area (Å²) in [7, 11) is -4.35. The normalized spacial score (nSPS) is 14.4. The molecule has 0 aliphatic rings. The van der Waals surface area contributed by atoms with E-state index in [1.54, 1.807) is 4.72 Å². The van der Waals surface area contributed by atoms with Crippen LogP contribution in [0.1, 0.15) is 0 Å². The second kappa shape index (κ2) is 5.84. The van der Waals surface area contributed by atoms with Crippen molar-refractivity contribution in [2.24, 2.45) is 0 Å². The molecule has 19 heavy (non-hydrogen) atoms. The van der Waals surface area contributed by atoms with Crippen LogP contribution in [0.25, 0.3) is 0 Å². The number of benzene rings is 1. The summed E-state index contributed by atoms with van der Waals surface area (Å²) in [5, 5.41) is 8.25. The maximum atomic E-state index is 12.0. The van der Waals surface area contributed by atoms with E-state index in [1.165, 1.54) is 18.2 Å². The van der Waals surface area contributed by atoms with Gasteiger partial charge >= 0.3 is 6.18 Å². The molecule has 0 aromatic heterocycles. The summed E-state index contributed by atoms with van der Waals surface area (Å²) < 4.78 is 61.2. The largest absolute Gasteiger partial charge is 0.415 e. The van der Waals surface area contributed by atoms with Crippen molar-refractivity contribution in [3.63, 3.8) is 0 Å². The highest BCUT2D eigenvalue weighted by Crippen LogP contribution is 2.29. The fourth-order valence-electron chi connectivity index (χ4n) is 1.12. The first-order valence-electron chi connectivity index (χ1n) is 4.74. The van der Waals surface area contributed by atoms with Crippen LogP contribution in [0.4, 0.5) is 13.2 Å². The third kappa shape index (κ3) is 4.22. The van der Waals surface area contributed by atoms with Crippen LogP contribution >= 0.6 is 23.2 Å². The molecule has 108 valence electrons. The summed E-state index contributed by atoms with van der Waals surface area (Å²) in [5.74, 6) is 0. The second-order valence-electron chi connectivity index (χ2n) is 3.46. The number of nitrogens with one attached hydrogen (secondary N) is 1. The van der Waals surface area contributed by atoms with Gasteiger partial charge in [0.05, 0.1) is 10.0 Å². The lowest BCUT2D eigenvalue weighted by molar-refractivity contribution is -0.200. The first-order valence-corrected chi connectivity index (χ1v) is 6.98. The molecule has 0 radical (unpaired) electrons. The molecular formula is C9H8Cl2F3NO3S. The van der Waals surface area contributed by atoms with Crippen molar-refractivity contribution in [3.05, 3.63) is 28.2 Å². The topological polar surface area (TPSA) is 66.4 Å². The van der Waals surface area contributed by atoms with Crippen molar-refractivity contribution in [1.82, 2.24) is 4.72 Å². The fourth-order valence-corrected chi connectivity index (χ4v) is 3.29. The third-order valence-electron chi connectivity index (χ3n) is 2.03. The fraction of sp³-hybridized carbons (Fsp3) is 0.333. The zero-order valence-electron chi connectivity index (χ0n) is 9.08. The van der Waals surface area contributed by atoms with Gasteiger partial charge in [0.2, 0.25) is 10.0 Å². The highest BCUT2D eigenvalue weighted by Gasteiger charge is 2.39. The molecule has 0 saturated heterocycles. The monoisotopic (exact) mass is 337 g/mol. The standard InChI is InChI=1S/C9H8Cl2F3NO3S/c10-5-2-1-3-6(11)8(5)19(17,18)15-4-7(16)9(12,13)14/h1-3,7,15-16H,4H2. The van der Waals surface area contributed by atoms with Gasteiger partial charge in [-0.1, -0.05) is 29.3 Å². The minimum Gasteiger partial charge on any atom is -0.382 e. The molecule has 10 heteroatoms. The summed E-state index contributed by atoms with van der Waals surface area (Å²) in [4.78, 5) is -0.535. The van der Waals surface area contributed by atoms with Crippen molar-refractivity contribution in [1.29, 1.82) is 0 Å². The van der Waals surface area contributed by atoms with E-state index in [4.69, 9.17) is 28.3 Å². The second-order valence-corrected chi connectivity index (χ2v) is 5.98. The summed E-state index contributed by atoms with van der Waals surface area (Å²) in [5.41, 5.74) is 0. The minimum atomic E-state index is -4.92. The van der Waals surface area contributed by atoms with Crippen molar-refractivity contribution >= 4 is 33.2 Å². The number of aliphatic hydroxyl groups is 1. The van der Waals surface area contributed by atoms with Crippen LogP contribution in [0, 0.1) is 0 Å². The Labute approximate surface area is 117 Å². The quantitative estimate of drug-likeness (QED) is 0.885. The van der Waals surface area contributed by atoms with Crippen LogP contribution in [0.2, 0.25) is 10.0 Å². The highest BCUT2D eigenvalue weighted by atomic mass is 35.5. The van der Waals surface area contributed by atoms with Gasteiger partial charge in [-0.15, -0.1) is 0 Å². The van der Waals surface area contributed by atoms with E-state index >= 15 is 0 Å². The first-order chi connectivity index (χ1) is 8.55. The predicted molar refractivity (Wildman–Crippen MR) is 63.7 cm³/mol. The van der Waals surface area contributed by atoms with E-state index < -0.39 is 33.7 Å². The molecule has 0 saturated carbocycles. The van der Waals surface area contributed by atoms with Gasteiger partial charge in [0, 0.05) is 6.54 Å². The van der Waals surface area contributed by atoms with Crippen LogP contribution in [0.15, 0.2) is 23.1 Å². The van der Waals surface area contributed by atoms with E-state index in [0.29, 0.717) is 0 Å². The Morgan fingerprint density at radius 2 is 1.74 bits per heavy atom. The van der Waals surface area contributed by atoms with Crippen LogP contribution in [-0.2, 0) is 10.0 Å². The molecule has 0 spiro atoms. The average Bonchev–Trinajstić information content (AvgIpc) is 2.24. The Bertz CT molecular complexity index is 542. The number of hydrogen-bond acceptors (Lipinski definition) is 3. The van der Waals surface area contributed by atoms with Gasteiger partial charge in [-0.25, -0.2) is 13.1 Å². The van der Waals surface area contributed by atoms with Gasteiger partial charge in [-0.05, 0) is 12.1 Å². The minimum absolute atomic E-state index is 0.235. The Morgan fingerprint density at radius 1 is 1.26 bits per heavy atom.